The zero-order chi connectivity index (χ0) is 22.9. The first-order chi connectivity index (χ1) is 16.2. The molecule has 3 aromatic rings. The normalized spacial score (nSPS) is 15.1. The van der Waals surface area contributed by atoms with E-state index >= 15 is 0 Å². The minimum atomic E-state index is -0.503. The summed E-state index contributed by atoms with van der Waals surface area (Å²) in [6.45, 7) is 1.47. The summed E-state index contributed by atoms with van der Waals surface area (Å²) in [7, 11) is 0. The first kappa shape index (κ1) is 22.6. The number of hydrogen-bond donors (Lipinski definition) is 0. The van der Waals surface area contributed by atoms with Crippen LogP contribution >= 0.6 is 0 Å². The average Bonchev–Trinajstić information content (AvgIpc) is 3.38. The maximum atomic E-state index is 12.5. The third-order valence-electron chi connectivity index (χ3n) is 5.30. The summed E-state index contributed by atoms with van der Waals surface area (Å²) in [6, 6.07) is 23.2. The maximum Gasteiger partial charge on any atom is 0.343 e. The van der Waals surface area contributed by atoms with E-state index in [1.807, 2.05) is 30.3 Å². The number of carbonyl (C=O) groups excluding carboxylic acids is 2. The lowest BCUT2D eigenvalue weighted by molar-refractivity contribution is 0.0161. The van der Waals surface area contributed by atoms with E-state index in [9.17, 15) is 9.59 Å². The second-order valence-electron chi connectivity index (χ2n) is 7.76. The summed E-state index contributed by atoms with van der Waals surface area (Å²) in [5, 5.41) is 0. The van der Waals surface area contributed by atoms with Crippen molar-refractivity contribution in [3.8, 4) is 11.5 Å². The van der Waals surface area contributed by atoms with E-state index in [0.29, 0.717) is 35.8 Å². The molecule has 33 heavy (non-hydrogen) atoms. The van der Waals surface area contributed by atoms with Gasteiger partial charge in [0.25, 0.3) is 0 Å². The van der Waals surface area contributed by atoms with Gasteiger partial charge in [-0.15, -0.1) is 0 Å². The Morgan fingerprint density at radius 2 is 1.67 bits per heavy atom. The second kappa shape index (κ2) is 11.3. The highest BCUT2D eigenvalue weighted by Crippen LogP contribution is 2.19. The Labute approximate surface area is 193 Å². The van der Waals surface area contributed by atoms with Gasteiger partial charge in [-0.2, -0.15) is 0 Å². The van der Waals surface area contributed by atoms with E-state index < -0.39 is 11.9 Å². The van der Waals surface area contributed by atoms with Gasteiger partial charge in [-0.3, -0.25) is 0 Å². The molecule has 0 saturated carbocycles. The molecule has 0 amide bonds. The fourth-order valence-corrected chi connectivity index (χ4v) is 3.50. The van der Waals surface area contributed by atoms with Crippen molar-refractivity contribution in [2.75, 3.05) is 19.8 Å². The second-order valence-corrected chi connectivity index (χ2v) is 7.76. The first-order valence-electron chi connectivity index (χ1n) is 11.0. The predicted molar refractivity (Wildman–Crippen MR) is 123 cm³/mol. The molecule has 0 radical (unpaired) electrons. The number of benzene rings is 3. The molecule has 0 spiro atoms. The van der Waals surface area contributed by atoms with Crippen LogP contribution in [0.1, 0.15) is 39.1 Å². The highest BCUT2D eigenvalue weighted by atomic mass is 16.6. The monoisotopic (exact) mass is 446 g/mol. The third-order valence-corrected chi connectivity index (χ3v) is 5.30. The lowest BCUT2D eigenvalue weighted by Crippen LogP contribution is -2.17. The fraction of sp³-hybridized carbons (Fsp3) is 0.259. The SMILES string of the molecule is O=C(OCC1CCCO1)c1ccc(OC(=O)c2cccc(OCCc3ccccc3)c2)cc1. The molecular formula is C27H26O6. The number of ether oxygens (including phenoxy) is 4. The first-order valence-corrected chi connectivity index (χ1v) is 11.0. The molecule has 170 valence electrons. The molecule has 1 atom stereocenters. The molecule has 1 saturated heterocycles. The number of rotatable bonds is 9. The van der Waals surface area contributed by atoms with Crippen LogP contribution < -0.4 is 9.47 Å². The quantitative estimate of drug-likeness (QED) is 0.345. The molecule has 6 nitrogen and oxygen atoms in total. The average molecular weight is 446 g/mol. The Hall–Kier alpha value is -3.64. The summed E-state index contributed by atoms with van der Waals surface area (Å²) < 4.78 is 22.0. The van der Waals surface area contributed by atoms with Crippen LogP contribution in [0.4, 0.5) is 0 Å². The topological polar surface area (TPSA) is 71.1 Å². The molecule has 6 heteroatoms. The van der Waals surface area contributed by atoms with E-state index in [2.05, 4.69) is 0 Å². The van der Waals surface area contributed by atoms with Crippen LogP contribution in [0.2, 0.25) is 0 Å². The number of carbonyl (C=O) groups is 2. The van der Waals surface area contributed by atoms with Crippen molar-refractivity contribution in [2.45, 2.75) is 25.4 Å². The van der Waals surface area contributed by atoms with E-state index in [-0.39, 0.29) is 12.7 Å². The van der Waals surface area contributed by atoms with Crippen LogP contribution in [-0.2, 0) is 15.9 Å². The van der Waals surface area contributed by atoms with E-state index in [1.54, 1.807) is 48.5 Å². The Kier molecular flexibility index (Phi) is 7.72. The lowest BCUT2D eigenvalue weighted by atomic mass is 10.2. The summed E-state index contributed by atoms with van der Waals surface area (Å²) in [6.07, 6.45) is 2.65. The van der Waals surface area contributed by atoms with Crippen molar-refractivity contribution in [2.24, 2.45) is 0 Å². The number of hydrogen-bond acceptors (Lipinski definition) is 6. The summed E-state index contributed by atoms with van der Waals surface area (Å²) in [5.74, 6) is 0.0109. The van der Waals surface area contributed by atoms with E-state index in [0.717, 1.165) is 19.3 Å². The van der Waals surface area contributed by atoms with Gasteiger partial charge in [0.2, 0.25) is 0 Å². The highest BCUT2D eigenvalue weighted by molar-refractivity contribution is 5.92. The van der Waals surface area contributed by atoms with Crippen molar-refractivity contribution in [1.29, 1.82) is 0 Å². The van der Waals surface area contributed by atoms with Crippen LogP contribution in [0, 0.1) is 0 Å². The van der Waals surface area contributed by atoms with Crippen molar-refractivity contribution in [3.63, 3.8) is 0 Å². The zero-order valence-corrected chi connectivity index (χ0v) is 18.3. The van der Waals surface area contributed by atoms with Gasteiger partial charge >= 0.3 is 11.9 Å². The van der Waals surface area contributed by atoms with E-state index in [4.69, 9.17) is 18.9 Å². The van der Waals surface area contributed by atoms with Crippen LogP contribution in [0.5, 0.6) is 11.5 Å². The Morgan fingerprint density at radius 3 is 2.42 bits per heavy atom. The molecule has 1 fully saturated rings. The van der Waals surface area contributed by atoms with Crippen LogP contribution in [0.25, 0.3) is 0 Å². The van der Waals surface area contributed by atoms with Crippen LogP contribution in [0.3, 0.4) is 0 Å². The van der Waals surface area contributed by atoms with Gasteiger partial charge in [0.15, 0.2) is 0 Å². The standard InChI is InChI=1S/C27H26O6/c28-26(32-19-25-10-5-16-30-25)21-11-13-23(14-12-21)33-27(29)22-8-4-9-24(18-22)31-17-15-20-6-2-1-3-7-20/h1-4,6-9,11-14,18,25H,5,10,15-17,19H2. The van der Waals surface area contributed by atoms with Gasteiger partial charge in [-0.25, -0.2) is 9.59 Å². The minimum absolute atomic E-state index is 0.0211. The van der Waals surface area contributed by atoms with Gasteiger partial charge < -0.3 is 18.9 Å². The fourth-order valence-electron chi connectivity index (χ4n) is 3.50. The van der Waals surface area contributed by atoms with Crippen molar-refractivity contribution in [1.82, 2.24) is 0 Å². The number of esters is 2. The molecule has 4 rings (SSSR count). The van der Waals surface area contributed by atoms with Crippen molar-refractivity contribution in [3.05, 3.63) is 95.6 Å². The molecule has 1 aliphatic heterocycles. The summed E-state index contributed by atoms with van der Waals surface area (Å²) >= 11 is 0. The van der Waals surface area contributed by atoms with Gasteiger partial charge in [0, 0.05) is 13.0 Å². The largest absolute Gasteiger partial charge is 0.493 e. The molecule has 0 aliphatic carbocycles. The molecular weight excluding hydrogens is 420 g/mol. The predicted octanol–water partition coefficient (Wildman–Crippen LogP) is 4.86. The zero-order valence-electron chi connectivity index (χ0n) is 18.3. The van der Waals surface area contributed by atoms with Crippen molar-refractivity contribution >= 4 is 11.9 Å². The summed E-state index contributed by atoms with van der Waals surface area (Å²) in [4.78, 5) is 24.7. The molecule has 1 heterocycles. The van der Waals surface area contributed by atoms with Crippen LogP contribution in [-0.4, -0.2) is 37.9 Å². The summed E-state index contributed by atoms with van der Waals surface area (Å²) in [5.41, 5.74) is 1.96. The molecule has 1 unspecified atom stereocenters. The molecule has 0 aromatic heterocycles. The van der Waals surface area contributed by atoms with Gasteiger partial charge in [-0.05, 0) is 60.9 Å². The van der Waals surface area contributed by atoms with Gasteiger partial charge in [-0.1, -0.05) is 36.4 Å². The van der Waals surface area contributed by atoms with Gasteiger partial charge in [0.05, 0.1) is 23.8 Å². The maximum absolute atomic E-state index is 12.5. The lowest BCUT2D eigenvalue weighted by Gasteiger charge is -2.11. The van der Waals surface area contributed by atoms with E-state index in [1.165, 1.54) is 5.56 Å². The smallest absolute Gasteiger partial charge is 0.343 e. The van der Waals surface area contributed by atoms with Crippen molar-refractivity contribution < 1.29 is 28.5 Å². The molecule has 0 N–H and O–H groups in total. The Morgan fingerprint density at radius 1 is 0.848 bits per heavy atom. The highest BCUT2D eigenvalue weighted by Gasteiger charge is 2.18. The molecule has 3 aromatic carbocycles. The minimum Gasteiger partial charge on any atom is -0.493 e. The van der Waals surface area contributed by atoms with Gasteiger partial charge in [0.1, 0.15) is 18.1 Å². The molecule has 0 bridgehead atoms. The Bertz CT molecular complexity index is 1060. The van der Waals surface area contributed by atoms with Crippen LogP contribution in [0.15, 0.2) is 78.9 Å². The Balaban J connectivity index is 1.27. The third kappa shape index (κ3) is 6.67. The molecule has 1 aliphatic rings.